The Balaban J connectivity index is 0.925. The molecule has 0 saturated heterocycles. The molecular weight excluding hydrogens is 803 g/mol. The van der Waals surface area contributed by atoms with E-state index in [0.717, 1.165) is 11.4 Å². The minimum atomic E-state index is -0.426. The van der Waals surface area contributed by atoms with Gasteiger partial charge >= 0.3 is 0 Å². The highest BCUT2D eigenvalue weighted by Crippen LogP contribution is 2.64. The van der Waals surface area contributed by atoms with Crippen LogP contribution < -0.4 is 4.90 Å². The van der Waals surface area contributed by atoms with E-state index in [-0.39, 0.29) is 0 Å². The van der Waals surface area contributed by atoms with Crippen LogP contribution in [0.2, 0.25) is 0 Å². The molecule has 0 fully saturated rings. The summed E-state index contributed by atoms with van der Waals surface area (Å²) in [5.74, 6) is 0. The van der Waals surface area contributed by atoms with Crippen molar-refractivity contribution in [3.63, 3.8) is 0 Å². The summed E-state index contributed by atoms with van der Waals surface area (Å²) in [5.41, 5.74) is 18.5. The Morgan fingerprint density at radius 2 is 0.800 bits per heavy atom. The van der Waals surface area contributed by atoms with Gasteiger partial charge < -0.3 is 4.90 Å². The average Bonchev–Trinajstić information content (AvgIpc) is 4.00. The maximum absolute atomic E-state index is 2.51. The van der Waals surface area contributed by atoms with Crippen molar-refractivity contribution in [1.82, 2.24) is 0 Å². The molecule has 0 unspecified atom stereocenters. The van der Waals surface area contributed by atoms with E-state index in [1.807, 2.05) is 11.3 Å². The molecule has 0 bridgehead atoms. The van der Waals surface area contributed by atoms with Gasteiger partial charge in [0.25, 0.3) is 0 Å². The highest BCUT2D eigenvalue weighted by atomic mass is 32.1. The molecule has 2 aliphatic rings. The number of rotatable bonds is 5. The van der Waals surface area contributed by atoms with Crippen molar-refractivity contribution in [2.24, 2.45) is 0 Å². The second-order valence-corrected chi connectivity index (χ2v) is 18.7. The van der Waals surface area contributed by atoms with E-state index in [4.69, 9.17) is 0 Å². The predicted octanol–water partition coefficient (Wildman–Crippen LogP) is 17.5. The van der Waals surface area contributed by atoms with Crippen LogP contribution in [-0.4, -0.2) is 0 Å². The van der Waals surface area contributed by atoms with E-state index < -0.39 is 5.41 Å². The van der Waals surface area contributed by atoms with Gasteiger partial charge in [-0.1, -0.05) is 176 Å². The standard InChI is InChI=1S/C63H39NS/c1-2-13-42-36-44(25-24-40(42)12-1)47-29-28-45-37-43(26-27-46(45)38-47)41-30-32-48(33-31-41)64(49-34-35-61-54(39-49)52-16-6-10-23-60(52)65-61)59-22-11-21-58-62(59)53-17-5-9-20-57(53)63(58)55-18-7-3-14-50(55)51-15-4-8-19-56(51)63/h1-39H. The number of thiophene rings is 1. The SMILES string of the molecule is c1ccc2c(c1)-c1ccccc1C21c2ccccc2-c2c(N(c3ccc(-c4ccc5cc(-c6ccc7ccccc7c6)ccc5c4)cc3)c3ccc4sc5ccccc5c4c3)cccc21. The topological polar surface area (TPSA) is 3.24 Å². The van der Waals surface area contributed by atoms with Crippen LogP contribution in [0, 0.1) is 0 Å². The van der Waals surface area contributed by atoms with E-state index in [2.05, 4.69) is 241 Å². The largest absolute Gasteiger partial charge is 0.310 e. The van der Waals surface area contributed by atoms with Crippen molar-refractivity contribution in [3.8, 4) is 44.5 Å². The van der Waals surface area contributed by atoms with Crippen molar-refractivity contribution in [3.05, 3.63) is 259 Å². The molecule has 12 aromatic rings. The summed E-state index contributed by atoms with van der Waals surface area (Å²) in [7, 11) is 0. The number of hydrogen-bond acceptors (Lipinski definition) is 2. The van der Waals surface area contributed by atoms with Crippen molar-refractivity contribution < 1.29 is 0 Å². The summed E-state index contributed by atoms with van der Waals surface area (Å²) in [5, 5.41) is 7.58. The van der Waals surface area contributed by atoms with Gasteiger partial charge in [-0.25, -0.2) is 0 Å². The van der Waals surface area contributed by atoms with Gasteiger partial charge in [0.1, 0.15) is 0 Å². The fourth-order valence-corrected chi connectivity index (χ4v) is 12.5. The first-order chi connectivity index (χ1) is 32.2. The highest BCUT2D eigenvalue weighted by molar-refractivity contribution is 7.25. The van der Waals surface area contributed by atoms with Gasteiger partial charge in [0.05, 0.1) is 11.1 Å². The Hall–Kier alpha value is -8.04. The minimum absolute atomic E-state index is 0.426. The summed E-state index contributed by atoms with van der Waals surface area (Å²) in [6.07, 6.45) is 0. The third-order valence-corrected chi connectivity index (χ3v) is 15.4. The van der Waals surface area contributed by atoms with E-state index in [1.165, 1.54) is 114 Å². The quantitative estimate of drug-likeness (QED) is 0.167. The molecule has 0 amide bonds. The zero-order valence-electron chi connectivity index (χ0n) is 35.4. The van der Waals surface area contributed by atoms with Crippen molar-refractivity contribution >= 4 is 70.1 Å². The van der Waals surface area contributed by atoms with Crippen LogP contribution in [0.3, 0.4) is 0 Å². The molecule has 2 aliphatic carbocycles. The first-order valence-corrected chi connectivity index (χ1v) is 23.3. The number of fused-ring (bicyclic) bond motifs is 15. The summed E-state index contributed by atoms with van der Waals surface area (Å²) >= 11 is 1.87. The molecule has 0 saturated carbocycles. The number of anilines is 3. The van der Waals surface area contributed by atoms with Crippen molar-refractivity contribution in [2.45, 2.75) is 5.41 Å². The fourth-order valence-electron chi connectivity index (χ4n) is 11.4. The smallest absolute Gasteiger partial charge is 0.0726 e. The lowest BCUT2D eigenvalue weighted by Crippen LogP contribution is -2.26. The molecule has 2 heteroatoms. The van der Waals surface area contributed by atoms with Gasteiger partial charge in [-0.2, -0.15) is 0 Å². The molecule has 0 atom stereocenters. The first kappa shape index (κ1) is 36.4. The van der Waals surface area contributed by atoms with Crippen LogP contribution in [-0.2, 0) is 5.41 Å². The summed E-state index contributed by atoms with van der Waals surface area (Å²) in [6, 6.07) is 88.4. The lowest BCUT2D eigenvalue weighted by Gasteiger charge is -2.32. The Bertz CT molecular complexity index is 3860. The van der Waals surface area contributed by atoms with E-state index in [1.54, 1.807) is 0 Å². The second-order valence-electron chi connectivity index (χ2n) is 17.6. The Morgan fingerprint density at radius 1 is 0.308 bits per heavy atom. The summed E-state index contributed by atoms with van der Waals surface area (Å²) < 4.78 is 2.61. The second kappa shape index (κ2) is 14.0. The van der Waals surface area contributed by atoms with Gasteiger partial charge in [0.15, 0.2) is 0 Å². The zero-order valence-corrected chi connectivity index (χ0v) is 36.2. The molecular formula is C63H39NS. The third kappa shape index (κ3) is 5.32. The maximum Gasteiger partial charge on any atom is 0.0726 e. The van der Waals surface area contributed by atoms with Gasteiger partial charge in [0, 0.05) is 37.1 Å². The molecule has 14 rings (SSSR count). The monoisotopic (exact) mass is 841 g/mol. The normalized spacial score (nSPS) is 13.0. The Kier molecular flexibility index (Phi) is 7.84. The van der Waals surface area contributed by atoms with Crippen LogP contribution >= 0.6 is 11.3 Å². The van der Waals surface area contributed by atoms with E-state index in [9.17, 15) is 0 Å². The number of benzene rings is 11. The first-order valence-electron chi connectivity index (χ1n) is 22.5. The minimum Gasteiger partial charge on any atom is -0.310 e. The molecule has 302 valence electrons. The molecule has 0 aliphatic heterocycles. The molecule has 0 N–H and O–H groups in total. The van der Waals surface area contributed by atoms with Crippen LogP contribution in [0.5, 0.6) is 0 Å². The highest BCUT2D eigenvalue weighted by Gasteiger charge is 2.52. The molecule has 1 aromatic heterocycles. The molecule has 65 heavy (non-hydrogen) atoms. The molecule has 1 nitrogen and oxygen atoms in total. The van der Waals surface area contributed by atoms with Crippen molar-refractivity contribution in [1.29, 1.82) is 0 Å². The van der Waals surface area contributed by atoms with Gasteiger partial charge in [0.2, 0.25) is 0 Å². The van der Waals surface area contributed by atoms with Crippen molar-refractivity contribution in [2.75, 3.05) is 4.90 Å². The van der Waals surface area contributed by atoms with E-state index >= 15 is 0 Å². The van der Waals surface area contributed by atoms with Crippen LogP contribution in [0.4, 0.5) is 17.1 Å². The zero-order chi connectivity index (χ0) is 42.6. The third-order valence-electron chi connectivity index (χ3n) is 14.2. The van der Waals surface area contributed by atoms with Gasteiger partial charge in [-0.3, -0.25) is 0 Å². The van der Waals surface area contributed by atoms with Gasteiger partial charge in [-0.05, 0) is 143 Å². The molecule has 0 radical (unpaired) electrons. The summed E-state index contributed by atoms with van der Waals surface area (Å²) in [6.45, 7) is 0. The van der Waals surface area contributed by atoms with Gasteiger partial charge in [-0.15, -0.1) is 11.3 Å². The maximum atomic E-state index is 2.51. The number of nitrogens with zero attached hydrogens (tertiary/aromatic N) is 1. The molecule has 1 heterocycles. The average molecular weight is 842 g/mol. The Morgan fingerprint density at radius 3 is 1.51 bits per heavy atom. The number of hydrogen-bond donors (Lipinski definition) is 0. The van der Waals surface area contributed by atoms with Crippen LogP contribution in [0.15, 0.2) is 237 Å². The molecule has 1 spiro atoms. The lowest BCUT2D eigenvalue weighted by molar-refractivity contribution is 0.794. The van der Waals surface area contributed by atoms with Crippen LogP contribution in [0.25, 0.3) is 86.2 Å². The predicted molar refractivity (Wildman–Crippen MR) is 276 cm³/mol. The lowest BCUT2D eigenvalue weighted by atomic mass is 9.70. The summed E-state index contributed by atoms with van der Waals surface area (Å²) in [4.78, 5) is 2.51. The van der Waals surface area contributed by atoms with E-state index in [0.29, 0.717) is 0 Å². The van der Waals surface area contributed by atoms with Crippen LogP contribution in [0.1, 0.15) is 22.3 Å². The fraction of sp³-hybridized carbons (Fsp3) is 0.0159. The molecule has 11 aromatic carbocycles. The Labute approximate surface area is 381 Å².